The van der Waals surface area contributed by atoms with Gasteiger partial charge in [0, 0.05) is 0 Å². The molecule has 164 valence electrons. The largest absolute Gasteiger partial charge is 0.493 e. The zero-order chi connectivity index (χ0) is 22.4. The van der Waals surface area contributed by atoms with Crippen LogP contribution in [0.15, 0.2) is 40.9 Å². The number of carbonyl (C=O) groups is 1. The van der Waals surface area contributed by atoms with Crippen LogP contribution in [-0.4, -0.2) is 31.4 Å². The summed E-state index contributed by atoms with van der Waals surface area (Å²) < 4.78 is 27.3. The Hall–Kier alpha value is -3.48. The van der Waals surface area contributed by atoms with Crippen molar-refractivity contribution in [2.75, 3.05) is 20.3 Å². The second-order valence-corrected chi connectivity index (χ2v) is 7.26. The molecule has 1 heterocycles. The van der Waals surface area contributed by atoms with Crippen LogP contribution in [0.3, 0.4) is 0 Å². The smallest absolute Gasteiger partial charge is 0.338 e. The highest BCUT2D eigenvalue weighted by atomic mass is 16.6. The topological polar surface area (TPSA) is 80.0 Å². The maximum Gasteiger partial charge on any atom is 0.338 e. The van der Waals surface area contributed by atoms with E-state index in [0.29, 0.717) is 22.8 Å². The number of hydrogen-bond donors (Lipinski definition) is 0. The van der Waals surface area contributed by atoms with Gasteiger partial charge in [0.2, 0.25) is 0 Å². The van der Waals surface area contributed by atoms with Crippen LogP contribution in [0.1, 0.15) is 38.5 Å². The molecule has 0 fully saturated rings. The van der Waals surface area contributed by atoms with Gasteiger partial charge in [0.25, 0.3) is 0 Å². The van der Waals surface area contributed by atoms with Crippen molar-refractivity contribution in [3.63, 3.8) is 0 Å². The average Bonchev–Trinajstić information content (AvgIpc) is 3.06. The molecule has 1 aromatic heterocycles. The lowest BCUT2D eigenvalue weighted by Gasteiger charge is -2.12. The molecule has 3 rings (SSSR count). The van der Waals surface area contributed by atoms with E-state index in [9.17, 15) is 4.79 Å². The van der Waals surface area contributed by atoms with E-state index in [-0.39, 0.29) is 19.8 Å². The van der Waals surface area contributed by atoms with Crippen LogP contribution >= 0.6 is 0 Å². The van der Waals surface area contributed by atoms with E-state index in [0.717, 1.165) is 28.1 Å². The number of esters is 1. The Kier molecular flexibility index (Phi) is 7.18. The van der Waals surface area contributed by atoms with Gasteiger partial charge in [-0.3, -0.25) is 0 Å². The van der Waals surface area contributed by atoms with Gasteiger partial charge in [-0.05, 0) is 69.2 Å². The summed E-state index contributed by atoms with van der Waals surface area (Å²) in [5.41, 5.74) is 4.27. The highest BCUT2D eigenvalue weighted by Crippen LogP contribution is 2.30. The fourth-order valence-corrected chi connectivity index (χ4v) is 3.17. The molecule has 0 atom stereocenters. The molecule has 3 aromatic rings. The summed E-state index contributed by atoms with van der Waals surface area (Å²) in [6.45, 7) is 8.40. The molecular formula is C24H27NO6. The summed E-state index contributed by atoms with van der Waals surface area (Å²) in [7, 11) is 1.52. The Morgan fingerprint density at radius 1 is 0.935 bits per heavy atom. The first-order valence-electron chi connectivity index (χ1n) is 9.98. The van der Waals surface area contributed by atoms with E-state index in [4.69, 9.17) is 23.5 Å². The molecule has 0 spiro atoms. The van der Waals surface area contributed by atoms with Crippen LogP contribution in [0.2, 0.25) is 0 Å². The fraction of sp³-hybridized carbons (Fsp3) is 0.333. The maximum atomic E-state index is 12.4. The van der Waals surface area contributed by atoms with Crippen molar-refractivity contribution in [2.24, 2.45) is 0 Å². The van der Waals surface area contributed by atoms with Crippen molar-refractivity contribution in [2.45, 2.75) is 34.3 Å². The highest BCUT2D eigenvalue weighted by molar-refractivity contribution is 5.90. The number of carbonyl (C=O) groups excluding carboxylic acids is 1. The van der Waals surface area contributed by atoms with Crippen molar-refractivity contribution in [3.8, 4) is 17.2 Å². The number of nitrogens with zero attached hydrogens (tertiary/aromatic N) is 1. The normalized spacial score (nSPS) is 10.6. The lowest BCUT2D eigenvalue weighted by molar-refractivity contribution is 0.0450. The van der Waals surface area contributed by atoms with E-state index in [1.54, 1.807) is 18.2 Å². The monoisotopic (exact) mass is 425 g/mol. The summed E-state index contributed by atoms with van der Waals surface area (Å²) in [6, 6.07) is 10.9. The number of benzene rings is 2. The maximum absolute atomic E-state index is 12.4. The van der Waals surface area contributed by atoms with Gasteiger partial charge in [0.15, 0.2) is 11.5 Å². The predicted octanol–water partition coefficient (Wildman–Crippen LogP) is 4.73. The molecule has 0 saturated heterocycles. The van der Waals surface area contributed by atoms with Gasteiger partial charge in [0.1, 0.15) is 31.3 Å². The highest BCUT2D eigenvalue weighted by Gasteiger charge is 2.15. The van der Waals surface area contributed by atoms with Crippen LogP contribution in [0, 0.1) is 27.7 Å². The lowest BCUT2D eigenvalue weighted by atomic mass is 10.1. The second-order valence-electron chi connectivity index (χ2n) is 7.26. The van der Waals surface area contributed by atoms with E-state index in [1.807, 2.05) is 39.8 Å². The molecule has 7 nitrogen and oxygen atoms in total. The quantitative estimate of drug-likeness (QED) is 0.362. The van der Waals surface area contributed by atoms with Crippen LogP contribution < -0.4 is 14.2 Å². The van der Waals surface area contributed by atoms with Crippen molar-refractivity contribution < 1.29 is 28.3 Å². The number of methoxy groups -OCH3 is 1. The summed E-state index contributed by atoms with van der Waals surface area (Å²) in [4.78, 5) is 12.4. The molecule has 0 saturated carbocycles. The molecule has 0 amide bonds. The molecule has 0 aliphatic rings. The molecule has 0 aliphatic carbocycles. The minimum absolute atomic E-state index is 0.137. The Bertz CT molecular complexity index is 1020. The van der Waals surface area contributed by atoms with E-state index in [2.05, 4.69) is 11.2 Å². The Labute approximate surface area is 181 Å². The number of rotatable bonds is 9. The molecule has 0 N–H and O–H groups in total. The predicted molar refractivity (Wildman–Crippen MR) is 115 cm³/mol. The third kappa shape index (κ3) is 5.78. The van der Waals surface area contributed by atoms with Gasteiger partial charge in [-0.15, -0.1) is 0 Å². The fourth-order valence-electron chi connectivity index (χ4n) is 3.17. The molecule has 7 heteroatoms. The van der Waals surface area contributed by atoms with Crippen molar-refractivity contribution in [1.82, 2.24) is 5.16 Å². The summed E-state index contributed by atoms with van der Waals surface area (Å²) in [5.74, 6) is 1.96. The lowest BCUT2D eigenvalue weighted by Crippen LogP contribution is -2.12. The van der Waals surface area contributed by atoms with Gasteiger partial charge < -0.3 is 23.5 Å². The van der Waals surface area contributed by atoms with Crippen LogP contribution in [-0.2, 0) is 11.3 Å². The van der Waals surface area contributed by atoms with Gasteiger partial charge in [-0.1, -0.05) is 11.2 Å². The number of hydrogen-bond acceptors (Lipinski definition) is 7. The second kappa shape index (κ2) is 10.0. The Balaban J connectivity index is 1.55. The van der Waals surface area contributed by atoms with Crippen molar-refractivity contribution in [3.05, 3.63) is 70.1 Å². The van der Waals surface area contributed by atoms with E-state index in [1.165, 1.54) is 7.11 Å². The van der Waals surface area contributed by atoms with E-state index >= 15 is 0 Å². The first-order chi connectivity index (χ1) is 14.9. The van der Waals surface area contributed by atoms with Crippen LogP contribution in [0.4, 0.5) is 0 Å². The van der Waals surface area contributed by atoms with Gasteiger partial charge in [-0.25, -0.2) is 4.79 Å². The Morgan fingerprint density at radius 2 is 1.68 bits per heavy atom. The van der Waals surface area contributed by atoms with E-state index < -0.39 is 5.97 Å². The summed E-state index contributed by atoms with van der Waals surface area (Å²) >= 11 is 0. The first-order valence-corrected chi connectivity index (χ1v) is 9.98. The van der Waals surface area contributed by atoms with Crippen LogP contribution in [0.25, 0.3) is 0 Å². The summed E-state index contributed by atoms with van der Waals surface area (Å²) in [6.07, 6.45) is 0. The SMILES string of the molecule is COc1cc(C(=O)OCCOc2cc(C)cc(C)c2)ccc1OCc1c(C)noc1C. The zero-order valence-corrected chi connectivity index (χ0v) is 18.5. The Morgan fingerprint density at radius 3 is 2.32 bits per heavy atom. The third-order valence-corrected chi connectivity index (χ3v) is 4.73. The molecule has 0 aliphatic heterocycles. The minimum Gasteiger partial charge on any atom is -0.493 e. The molecule has 0 radical (unpaired) electrons. The summed E-state index contributed by atoms with van der Waals surface area (Å²) in [5, 5.41) is 3.91. The number of aryl methyl sites for hydroxylation is 4. The van der Waals surface area contributed by atoms with Crippen molar-refractivity contribution >= 4 is 5.97 Å². The molecule has 0 bridgehead atoms. The molecular weight excluding hydrogens is 398 g/mol. The first kappa shape index (κ1) is 22.2. The van der Waals surface area contributed by atoms with Crippen LogP contribution in [0.5, 0.6) is 17.2 Å². The molecule has 0 unspecified atom stereocenters. The zero-order valence-electron chi connectivity index (χ0n) is 18.5. The molecule has 2 aromatic carbocycles. The minimum atomic E-state index is -0.459. The average molecular weight is 425 g/mol. The van der Waals surface area contributed by atoms with Gasteiger partial charge >= 0.3 is 5.97 Å². The number of ether oxygens (including phenoxy) is 4. The standard InChI is InChI=1S/C24H27NO6/c1-15-10-16(2)12-20(11-15)28-8-9-29-24(26)19-6-7-22(23(13-19)27-5)30-14-21-17(3)25-31-18(21)4/h6-7,10-13H,8-9,14H2,1-5H3. The third-order valence-electron chi connectivity index (χ3n) is 4.73. The van der Waals surface area contributed by atoms with Gasteiger partial charge in [-0.2, -0.15) is 0 Å². The van der Waals surface area contributed by atoms with Crippen molar-refractivity contribution in [1.29, 1.82) is 0 Å². The number of aromatic nitrogens is 1. The van der Waals surface area contributed by atoms with Gasteiger partial charge in [0.05, 0.1) is 23.9 Å². The molecule has 31 heavy (non-hydrogen) atoms.